The van der Waals surface area contributed by atoms with Gasteiger partial charge in [-0.3, -0.25) is 4.79 Å². The fourth-order valence-corrected chi connectivity index (χ4v) is 4.59. The van der Waals surface area contributed by atoms with Crippen molar-refractivity contribution in [3.05, 3.63) is 59.2 Å². The van der Waals surface area contributed by atoms with E-state index >= 15 is 0 Å². The lowest BCUT2D eigenvalue weighted by molar-refractivity contribution is -0.429. The van der Waals surface area contributed by atoms with E-state index in [0.717, 1.165) is 42.7 Å². The maximum absolute atomic E-state index is 11.6. The molecule has 0 amide bonds. The van der Waals surface area contributed by atoms with Gasteiger partial charge in [0.2, 0.25) is 0 Å². The summed E-state index contributed by atoms with van der Waals surface area (Å²) in [6, 6.07) is 7.44. The Bertz CT molecular complexity index is 1140. The number of aromatic hydroxyl groups is 1. The van der Waals surface area contributed by atoms with Crippen LogP contribution in [-0.2, 0) is 28.8 Å². The average molecular weight is 527 g/mol. The predicted octanol–water partition coefficient (Wildman–Crippen LogP) is 3.58. The summed E-state index contributed by atoms with van der Waals surface area (Å²) < 4.78 is 23.2. The van der Waals surface area contributed by atoms with Crippen molar-refractivity contribution in [2.45, 2.75) is 64.4 Å². The molecule has 0 saturated heterocycles. The van der Waals surface area contributed by atoms with Crippen molar-refractivity contribution in [1.82, 2.24) is 0 Å². The summed E-state index contributed by atoms with van der Waals surface area (Å²) in [5.41, 5.74) is 3.13. The van der Waals surface area contributed by atoms with Crippen LogP contribution in [0.15, 0.2) is 36.9 Å². The Hall–Kier alpha value is -3.68. The third-order valence-electron chi connectivity index (χ3n) is 6.60. The maximum atomic E-state index is 11.6. The fraction of sp³-hybridized carbons (Fsp3) is 0.467. The number of benzene rings is 2. The topological polar surface area (TPSA) is 108 Å². The molecular weight excluding hydrogens is 486 g/mol. The number of nitrogens with one attached hydrogen (secondary N) is 1. The molecule has 2 aromatic rings. The predicted molar refractivity (Wildman–Crippen MR) is 146 cm³/mol. The number of rotatable bonds is 14. The Balaban J connectivity index is 1.62. The van der Waals surface area contributed by atoms with Gasteiger partial charge >= 0.3 is 11.9 Å². The van der Waals surface area contributed by atoms with Crippen LogP contribution in [0.2, 0.25) is 0 Å². The first-order valence-electron chi connectivity index (χ1n) is 13.3. The lowest BCUT2D eigenvalue weighted by Crippen LogP contribution is -2.68. The van der Waals surface area contributed by atoms with Crippen molar-refractivity contribution in [2.24, 2.45) is 0 Å². The maximum Gasteiger partial charge on any atom is 0.369 e. The monoisotopic (exact) mass is 526 g/mol. The molecule has 38 heavy (non-hydrogen) atoms. The highest BCUT2D eigenvalue weighted by molar-refractivity contribution is 5.91. The van der Waals surface area contributed by atoms with E-state index in [2.05, 4.69) is 24.6 Å². The number of carbonyl (C=O) groups is 1. The van der Waals surface area contributed by atoms with Crippen molar-refractivity contribution in [2.75, 3.05) is 27.4 Å². The van der Waals surface area contributed by atoms with Crippen LogP contribution < -0.4 is 19.2 Å². The van der Waals surface area contributed by atoms with Crippen molar-refractivity contribution in [3.63, 3.8) is 0 Å². The van der Waals surface area contributed by atoms with Crippen LogP contribution in [0.25, 0.3) is 0 Å². The van der Waals surface area contributed by atoms with Crippen molar-refractivity contribution in [3.8, 4) is 23.0 Å². The van der Waals surface area contributed by atoms with Crippen LogP contribution in [-0.4, -0.2) is 55.6 Å². The molecule has 1 heterocycles. The minimum absolute atomic E-state index is 0.0129. The van der Waals surface area contributed by atoms with E-state index in [9.17, 15) is 15.0 Å². The van der Waals surface area contributed by atoms with Gasteiger partial charge in [-0.05, 0) is 55.9 Å². The van der Waals surface area contributed by atoms with Crippen LogP contribution in [0.3, 0.4) is 0 Å². The first kappa shape index (κ1) is 28.9. The Morgan fingerprint density at radius 3 is 2.55 bits per heavy atom. The number of fused-ring (bicyclic) bond motifs is 1. The number of aryl methyl sites for hydroxylation is 1. The van der Waals surface area contributed by atoms with Crippen LogP contribution in [0.1, 0.15) is 61.3 Å². The molecule has 1 aliphatic heterocycles. The highest BCUT2D eigenvalue weighted by Gasteiger charge is 2.25. The molecule has 0 aliphatic carbocycles. The zero-order valence-electron chi connectivity index (χ0n) is 22.7. The normalized spacial score (nSPS) is 14.8. The number of methoxy groups -OCH3 is 1. The van der Waals surface area contributed by atoms with Gasteiger partial charge in [-0.25, -0.2) is 4.99 Å². The summed E-state index contributed by atoms with van der Waals surface area (Å²) >= 11 is 0. The van der Waals surface area contributed by atoms with E-state index in [1.807, 2.05) is 6.07 Å². The zero-order valence-corrected chi connectivity index (χ0v) is 22.7. The van der Waals surface area contributed by atoms with E-state index < -0.39 is 0 Å². The first-order valence-corrected chi connectivity index (χ1v) is 13.3. The quantitative estimate of drug-likeness (QED) is 0.114. The van der Waals surface area contributed by atoms with E-state index in [-0.39, 0.29) is 23.7 Å². The molecule has 206 valence electrons. The highest BCUT2D eigenvalue weighted by atomic mass is 16.5. The number of hydrogen-bond acceptors (Lipinski definition) is 6. The van der Waals surface area contributed by atoms with Gasteiger partial charge in [0, 0.05) is 24.0 Å². The number of allylic oxidation sites excluding steroid dienone is 1. The number of hydrogen-bond donors (Lipinski definition) is 3. The molecule has 3 N–H and O–H groups in total. The van der Waals surface area contributed by atoms with Gasteiger partial charge < -0.3 is 29.2 Å². The second-order valence-electron chi connectivity index (χ2n) is 9.25. The molecule has 3 rings (SSSR count). The smallest absolute Gasteiger partial charge is 0.369 e. The Labute approximate surface area is 224 Å². The first-order chi connectivity index (χ1) is 18.4. The molecular formula is C30H40NO7+. The van der Waals surface area contributed by atoms with Crippen molar-refractivity contribution in [1.29, 1.82) is 0 Å². The standard InChI is InChI=1S/C30H39NO7/c1-5-8-22-25(16-14-24(28(22)33)30(34)31-3)36-18-7-19-37-26-15-11-20-10-12-21(13-17-27(32)35-4)38-29(20)23(26)9-6-2/h5,11,14-16,21,33H,1,6-10,12-13,17-19H2,2-4H3,(H,31,34)/p+1. The Morgan fingerprint density at radius 2 is 1.89 bits per heavy atom. The largest absolute Gasteiger partial charge is 0.506 e. The number of aliphatic hydroxyl groups is 1. The van der Waals surface area contributed by atoms with Gasteiger partial charge in [0.05, 0.1) is 26.4 Å². The molecule has 8 nitrogen and oxygen atoms in total. The van der Waals surface area contributed by atoms with E-state index in [1.54, 1.807) is 25.3 Å². The summed E-state index contributed by atoms with van der Waals surface area (Å²) in [7, 11) is 2.99. The lowest BCUT2D eigenvalue weighted by Gasteiger charge is -2.29. The molecule has 0 fully saturated rings. The number of esters is 1. The van der Waals surface area contributed by atoms with Gasteiger partial charge in [0.1, 0.15) is 35.6 Å². The fourth-order valence-electron chi connectivity index (χ4n) is 4.59. The summed E-state index contributed by atoms with van der Waals surface area (Å²) in [6.45, 7) is 6.73. The molecule has 0 aromatic heterocycles. The molecule has 0 spiro atoms. The third-order valence-corrected chi connectivity index (χ3v) is 6.60. The number of ether oxygens (including phenoxy) is 4. The van der Waals surface area contributed by atoms with Gasteiger partial charge in [-0.1, -0.05) is 25.5 Å². The Kier molecular flexibility index (Phi) is 10.9. The van der Waals surface area contributed by atoms with Gasteiger partial charge in [-0.15, -0.1) is 6.58 Å². The molecule has 0 radical (unpaired) electrons. The molecule has 1 atom stereocenters. The van der Waals surface area contributed by atoms with Gasteiger partial charge in [0.15, 0.2) is 0 Å². The van der Waals surface area contributed by atoms with Crippen LogP contribution in [0.5, 0.6) is 23.0 Å². The second-order valence-corrected chi connectivity index (χ2v) is 9.25. The molecule has 1 unspecified atom stereocenters. The molecule has 0 saturated carbocycles. The summed E-state index contributed by atoms with van der Waals surface area (Å²) in [4.78, 5) is 14.2. The zero-order chi connectivity index (χ0) is 27.5. The average Bonchev–Trinajstić information content (AvgIpc) is 2.93. The number of aliphatic hydroxyl groups excluding tert-OH is 1. The van der Waals surface area contributed by atoms with Crippen LogP contribution >= 0.6 is 0 Å². The summed E-state index contributed by atoms with van der Waals surface area (Å²) in [6.07, 6.45) is 7.27. The van der Waals surface area contributed by atoms with Crippen LogP contribution in [0, 0.1) is 0 Å². The SMILES string of the molecule is C=CCc1c(OCCCOc2ccc3c(c2CCC)OC(CCC(=O)OC)CC3)ccc(C(O)=[NH+]C)c1O. The minimum atomic E-state index is -0.218. The summed E-state index contributed by atoms with van der Waals surface area (Å²) in [5, 5.41) is 20.6. The number of carbonyl (C=O) groups excluding carboxylic acids is 1. The third kappa shape index (κ3) is 7.21. The number of phenols is 1. The second kappa shape index (κ2) is 14.3. The van der Waals surface area contributed by atoms with E-state index in [0.29, 0.717) is 55.8 Å². The van der Waals surface area contributed by atoms with Gasteiger partial charge in [0.25, 0.3) is 0 Å². The van der Waals surface area contributed by atoms with Gasteiger partial charge in [-0.2, -0.15) is 0 Å². The summed E-state index contributed by atoms with van der Waals surface area (Å²) in [5.74, 6) is 1.89. The molecule has 2 aromatic carbocycles. The molecule has 1 aliphatic rings. The van der Waals surface area contributed by atoms with E-state index in [1.165, 1.54) is 12.7 Å². The van der Waals surface area contributed by atoms with Crippen LogP contribution in [0.4, 0.5) is 0 Å². The van der Waals surface area contributed by atoms with Crippen molar-refractivity contribution >= 4 is 11.9 Å². The molecule has 8 heteroatoms. The van der Waals surface area contributed by atoms with E-state index in [4.69, 9.17) is 18.9 Å². The Morgan fingerprint density at radius 1 is 1.18 bits per heavy atom. The molecule has 0 bridgehead atoms. The highest BCUT2D eigenvalue weighted by Crippen LogP contribution is 2.39. The number of phenolic OH excluding ortho intramolecular Hbond substituents is 1. The minimum Gasteiger partial charge on any atom is -0.506 e. The van der Waals surface area contributed by atoms with Crippen molar-refractivity contribution < 1.29 is 38.9 Å². The lowest BCUT2D eigenvalue weighted by atomic mass is 9.95.